The van der Waals surface area contributed by atoms with Crippen LogP contribution in [0.3, 0.4) is 0 Å². The van der Waals surface area contributed by atoms with Crippen molar-refractivity contribution in [2.75, 3.05) is 0 Å². The summed E-state index contributed by atoms with van der Waals surface area (Å²) in [6.45, 7) is 8.30. The standard InChI is InChI=1S/C10H20O.C8H8O3.C7H6O3/c1-7(2)9-5-4-8(3)6-10(9)11;1-5-4-6(9)2-3-7(5)8(10)11;8-6-4-2-1-3-5(6)7(9)10/h7-11H,4-6H2,1-3H3;2-4,9H,1H3,(H,10,11);1-4,8H,(H,9,10). The second-order valence-electron chi connectivity index (χ2n) is 8.52. The van der Waals surface area contributed by atoms with Gasteiger partial charge >= 0.3 is 11.9 Å². The van der Waals surface area contributed by atoms with E-state index in [1.807, 2.05) is 0 Å². The van der Waals surface area contributed by atoms with Crippen molar-refractivity contribution in [3.05, 3.63) is 59.2 Å². The van der Waals surface area contributed by atoms with Gasteiger partial charge in [-0.1, -0.05) is 39.3 Å². The van der Waals surface area contributed by atoms with Gasteiger partial charge in [0.25, 0.3) is 0 Å². The highest BCUT2D eigenvalue weighted by molar-refractivity contribution is 5.90. The summed E-state index contributed by atoms with van der Waals surface area (Å²) in [5.41, 5.74) is 0.725. The number of phenols is 2. The number of para-hydroxylation sites is 1. The number of aliphatic hydroxyl groups excluding tert-OH is 1. The van der Waals surface area contributed by atoms with Gasteiger partial charge in [0.05, 0.1) is 11.7 Å². The summed E-state index contributed by atoms with van der Waals surface area (Å²) in [4.78, 5) is 20.7. The molecule has 5 N–H and O–H groups in total. The zero-order chi connectivity index (χ0) is 24.4. The van der Waals surface area contributed by atoms with Crippen molar-refractivity contribution in [3.63, 3.8) is 0 Å². The van der Waals surface area contributed by atoms with Crippen molar-refractivity contribution in [1.29, 1.82) is 0 Å². The molecule has 1 aliphatic rings. The number of aryl methyl sites for hydroxylation is 1. The van der Waals surface area contributed by atoms with Crippen LogP contribution in [0.25, 0.3) is 0 Å². The molecule has 3 rings (SSSR count). The highest BCUT2D eigenvalue weighted by Gasteiger charge is 2.28. The van der Waals surface area contributed by atoms with E-state index in [2.05, 4.69) is 20.8 Å². The molecule has 7 nitrogen and oxygen atoms in total. The lowest BCUT2D eigenvalue weighted by Crippen LogP contribution is -2.31. The molecule has 1 fully saturated rings. The predicted octanol–water partition coefficient (Wildman–Crippen LogP) is 4.93. The van der Waals surface area contributed by atoms with E-state index in [-0.39, 0.29) is 28.7 Å². The van der Waals surface area contributed by atoms with E-state index in [0.29, 0.717) is 17.4 Å². The Balaban J connectivity index is 0.000000240. The van der Waals surface area contributed by atoms with Crippen LogP contribution in [0.15, 0.2) is 42.5 Å². The number of carboxylic acids is 2. The Morgan fingerprint density at radius 3 is 1.97 bits per heavy atom. The molecule has 1 aliphatic carbocycles. The van der Waals surface area contributed by atoms with Gasteiger partial charge < -0.3 is 25.5 Å². The van der Waals surface area contributed by atoms with Crippen LogP contribution in [0, 0.1) is 24.7 Å². The molecule has 0 radical (unpaired) electrons. The molecule has 0 heterocycles. The minimum Gasteiger partial charge on any atom is -0.508 e. The molecule has 0 saturated heterocycles. The second-order valence-corrected chi connectivity index (χ2v) is 8.52. The fourth-order valence-corrected chi connectivity index (χ4v) is 3.69. The lowest BCUT2D eigenvalue weighted by atomic mass is 9.75. The van der Waals surface area contributed by atoms with Gasteiger partial charge in [0.2, 0.25) is 0 Å². The van der Waals surface area contributed by atoms with Crippen molar-refractivity contribution < 1.29 is 35.1 Å². The van der Waals surface area contributed by atoms with Crippen molar-refractivity contribution in [1.82, 2.24) is 0 Å². The van der Waals surface area contributed by atoms with Crippen LogP contribution in [-0.4, -0.2) is 43.6 Å². The summed E-state index contributed by atoms with van der Waals surface area (Å²) >= 11 is 0. The molecule has 0 aromatic heterocycles. The lowest BCUT2D eigenvalue weighted by molar-refractivity contribution is 0.0265. The third kappa shape index (κ3) is 8.59. The number of carboxylic acid groups (broad SMARTS) is 2. The van der Waals surface area contributed by atoms with Gasteiger partial charge in [-0.05, 0) is 73.4 Å². The zero-order valence-corrected chi connectivity index (χ0v) is 19.0. The van der Waals surface area contributed by atoms with Crippen LogP contribution in [0.2, 0.25) is 0 Å². The molecule has 32 heavy (non-hydrogen) atoms. The average molecular weight is 447 g/mol. The largest absolute Gasteiger partial charge is 0.508 e. The van der Waals surface area contributed by atoms with E-state index in [0.717, 1.165) is 12.3 Å². The SMILES string of the molecule is CC1CCC(C(C)C)C(O)C1.Cc1cc(O)ccc1C(=O)O.O=C(O)c1ccccc1O. The molecular weight excluding hydrogens is 412 g/mol. The minimum atomic E-state index is -1.11. The van der Waals surface area contributed by atoms with Gasteiger partial charge in [0.1, 0.15) is 17.1 Å². The Hall–Kier alpha value is -3.06. The van der Waals surface area contributed by atoms with Gasteiger partial charge in [-0.3, -0.25) is 0 Å². The number of hydrogen-bond acceptors (Lipinski definition) is 5. The fraction of sp³-hybridized carbons (Fsp3) is 0.440. The highest BCUT2D eigenvalue weighted by atomic mass is 16.4. The smallest absolute Gasteiger partial charge is 0.339 e. The summed E-state index contributed by atoms with van der Waals surface area (Å²) in [5, 5.41) is 44.5. The molecule has 7 heteroatoms. The van der Waals surface area contributed by atoms with E-state index < -0.39 is 11.9 Å². The number of carbonyl (C=O) groups is 2. The fourth-order valence-electron chi connectivity index (χ4n) is 3.69. The average Bonchev–Trinajstić information content (AvgIpc) is 2.68. The van der Waals surface area contributed by atoms with Crippen LogP contribution < -0.4 is 0 Å². The van der Waals surface area contributed by atoms with Crippen molar-refractivity contribution >= 4 is 11.9 Å². The van der Waals surface area contributed by atoms with Crippen molar-refractivity contribution in [2.45, 2.75) is 53.1 Å². The highest BCUT2D eigenvalue weighted by Crippen LogP contribution is 2.33. The number of rotatable bonds is 3. The molecule has 176 valence electrons. The zero-order valence-electron chi connectivity index (χ0n) is 19.0. The number of aliphatic hydroxyl groups is 1. The Morgan fingerprint density at radius 1 is 0.938 bits per heavy atom. The molecule has 2 aromatic carbocycles. The number of aromatic carboxylic acids is 2. The molecule has 3 atom stereocenters. The minimum absolute atomic E-state index is 0.0289. The normalized spacial score (nSPS) is 19.8. The number of benzene rings is 2. The lowest BCUT2D eigenvalue weighted by Gasteiger charge is -2.33. The molecule has 0 amide bonds. The van der Waals surface area contributed by atoms with Crippen LogP contribution in [0.5, 0.6) is 11.5 Å². The monoisotopic (exact) mass is 446 g/mol. The molecule has 0 bridgehead atoms. The molecule has 1 saturated carbocycles. The first-order valence-electron chi connectivity index (χ1n) is 10.7. The molecular formula is C25H34O7. The maximum Gasteiger partial charge on any atom is 0.339 e. The maximum atomic E-state index is 10.5. The van der Waals surface area contributed by atoms with E-state index >= 15 is 0 Å². The van der Waals surface area contributed by atoms with Crippen molar-refractivity contribution in [3.8, 4) is 11.5 Å². The summed E-state index contributed by atoms with van der Waals surface area (Å²) in [5.74, 6) is -0.244. The summed E-state index contributed by atoms with van der Waals surface area (Å²) in [6, 6.07) is 9.97. The van der Waals surface area contributed by atoms with Gasteiger partial charge in [0, 0.05) is 0 Å². The topological polar surface area (TPSA) is 135 Å². The van der Waals surface area contributed by atoms with Crippen molar-refractivity contribution in [2.24, 2.45) is 17.8 Å². The predicted molar refractivity (Wildman–Crippen MR) is 122 cm³/mol. The van der Waals surface area contributed by atoms with Crippen LogP contribution >= 0.6 is 0 Å². The summed E-state index contributed by atoms with van der Waals surface area (Å²) < 4.78 is 0. The number of phenolic OH excluding ortho intramolecular Hbond substituents is 1. The van der Waals surface area contributed by atoms with Crippen LogP contribution in [-0.2, 0) is 0 Å². The first-order chi connectivity index (χ1) is 14.9. The Morgan fingerprint density at radius 2 is 1.53 bits per heavy atom. The second kappa shape index (κ2) is 12.7. The number of hydrogen-bond donors (Lipinski definition) is 5. The van der Waals surface area contributed by atoms with Gasteiger partial charge in [-0.25, -0.2) is 9.59 Å². The number of aromatic hydroxyl groups is 2. The molecule has 2 aromatic rings. The third-order valence-corrected chi connectivity index (χ3v) is 5.56. The Labute approximate surface area is 189 Å². The third-order valence-electron chi connectivity index (χ3n) is 5.56. The summed E-state index contributed by atoms with van der Waals surface area (Å²) in [7, 11) is 0. The molecule has 0 spiro atoms. The van der Waals surface area contributed by atoms with Crippen LogP contribution in [0.1, 0.15) is 66.3 Å². The maximum absolute atomic E-state index is 10.5. The van der Waals surface area contributed by atoms with E-state index in [4.69, 9.17) is 20.4 Å². The van der Waals surface area contributed by atoms with E-state index in [9.17, 15) is 14.7 Å². The molecule has 0 aliphatic heterocycles. The van der Waals surface area contributed by atoms with E-state index in [1.54, 1.807) is 19.1 Å². The first kappa shape index (κ1) is 27.0. The first-order valence-corrected chi connectivity index (χ1v) is 10.7. The van der Waals surface area contributed by atoms with Gasteiger partial charge in [-0.15, -0.1) is 0 Å². The van der Waals surface area contributed by atoms with Crippen LogP contribution in [0.4, 0.5) is 0 Å². The quantitative estimate of drug-likeness (QED) is 0.451. The van der Waals surface area contributed by atoms with E-state index in [1.165, 1.54) is 43.2 Å². The molecule has 3 unspecified atom stereocenters. The van der Waals surface area contributed by atoms with Gasteiger partial charge in [-0.2, -0.15) is 0 Å². The van der Waals surface area contributed by atoms with Gasteiger partial charge in [0.15, 0.2) is 0 Å². The Bertz CT molecular complexity index is 892. The Kier molecular flexibility index (Phi) is 10.7. The summed E-state index contributed by atoms with van der Waals surface area (Å²) in [6.07, 6.45) is 3.52.